The number of sulfonamides is 1. The number of carbonyl (C=O) groups excluding carboxylic acids is 1. The van der Waals surface area contributed by atoms with Crippen molar-refractivity contribution in [3.63, 3.8) is 0 Å². The maximum atomic E-state index is 13.7. The normalized spacial score (nSPS) is 23.1. The van der Waals surface area contributed by atoms with E-state index >= 15 is 0 Å². The molecule has 162 valence electrons. The van der Waals surface area contributed by atoms with Crippen molar-refractivity contribution in [3.8, 4) is 5.75 Å². The number of piperidine rings is 2. The van der Waals surface area contributed by atoms with Crippen LogP contribution in [-0.4, -0.2) is 82.4 Å². The molecule has 0 aromatic heterocycles. The molecular weight excluding hydrogens is 397 g/mol. The van der Waals surface area contributed by atoms with E-state index in [0.29, 0.717) is 25.9 Å². The van der Waals surface area contributed by atoms with Crippen molar-refractivity contribution in [2.75, 3.05) is 47.9 Å². The zero-order chi connectivity index (χ0) is 21.4. The smallest absolute Gasteiger partial charge is 0.246 e. The molecule has 9 heteroatoms. The van der Waals surface area contributed by atoms with Gasteiger partial charge in [0, 0.05) is 27.2 Å². The van der Waals surface area contributed by atoms with Gasteiger partial charge in [0.25, 0.3) is 0 Å². The highest BCUT2D eigenvalue weighted by Crippen LogP contribution is 2.45. The Morgan fingerprint density at radius 1 is 1.21 bits per heavy atom. The molecule has 1 amide bonds. The summed E-state index contributed by atoms with van der Waals surface area (Å²) in [5.41, 5.74) is -0.244. The fraction of sp³-hybridized carbons (Fsp3) is 0.650. The van der Waals surface area contributed by atoms with Gasteiger partial charge in [-0.05, 0) is 62.9 Å². The Morgan fingerprint density at radius 2 is 1.86 bits per heavy atom. The maximum Gasteiger partial charge on any atom is 0.246 e. The monoisotopic (exact) mass is 427 g/mol. The van der Waals surface area contributed by atoms with E-state index in [1.54, 1.807) is 19.0 Å². The lowest BCUT2D eigenvalue weighted by molar-refractivity contribution is -0.143. The summed E-state index contributed by atoms with van der Waals surface area (Å²) in [4.78, 5) is 16.5. The van der Waals surface area contributed by atoms with Crippen molar-refractivity contribution >= 4 is 15.9 Å². The van der Waals surface area contributed by atoms with Crippen LogP contribution in [0.2, 0.25) is 0 Å². The molecule has 1 aromatic carbocycles. The summed E-state index contributed by atoms with van der Waals surface area (Å²) in [5.74, 6) is -0.427. The summed E-state index contributed by atoms with van der Waals surface area (Å²) < 4.78 is 46.6. The lowest BCUT2D eigenvalue weighted by Crippen LogP contribution is -2.61. The van der Waals surface area contributed by atoms with Crippen molar-refractivity contribution in [2.45, 2.75) is 36.6 Å². The van der Waals surface area contributed by atoms with Crippen molar-refractivity contribution in [2.24, 2.45) is 5.41 Å². The minimum atomic E-state index is -3.89. The zero-order valence-electron chi connectivity index (χ0n) is 17.5. The molecule has 2 aliphatic heterocycles. The Labute approximate surface area is 172 Å². The van der Waals surface area contributed by atoms with E-state index < -0.39 is 15.8 Å². The van der Waals surface area contributed by atoms with Crippen LogP contribution in [-0.2, 0) is 14.8 Å². The van der Waals surface area contributed by atoms with Gasteiger partial charge in [-0.1, -0.05) is 0 Å². The van der Waals surface area contributed by atoms with Gasteiger partial charge in [-0.3, -0.25) is 9.69 Å². The fourth-order valence-corrected chi connectivity index (χ4v) is 6.40. The van der Waals surface area contributed by atoms with Gasteiger partial charge in [-0.25, -0.2) is 12.8 Å². The number of benzene rings is 1. The Hall–Kier alpha value is -1.71. The Kier molecular flexibility index (Phi) is 6.21. The first-order chi connectivity index (χ1) is 13.6. The van der Waals surface area contributed by atoms with Crippen LogP contribution >= 0.6 is 0 Å². The summed E-state index contributed by atoms with van der Waals surface area (Å²) in [7, 11) is 2.96. The maximum absolute atomic E-state index is 13.7. The van der Waals surface area contributed by atoms with Gasteiger partial charge in [0.2, 0.25) is 15.9 Å². The van der Waals surface area contributed by atoms with E-state index in [1.807, 2.05) is 7.05 Å². The number of carbonyl (C=O) groups is 1. The lowest BCUT2D eigenvalue weighted by atomic mass is 9.67. The average molecular weight is 428 g/mol. The van der Waals surface area contributed by atoms with Crippen LogP contribution in [0.5, 0.6) is 5.75 Å². The van der Waals surface area contributed by atoms with Crippen molar-refractivity contribution in [1.29, 1.82) is 0 Å². The number of halogens is 1. The van der Waals surface area contributed by atoms with Gasteiger partial charge in [-0.15, -0.1) is 0 Å². The van der Waals surface area contributed by atoms with E-state index in [1.165, 1.54) is 23.5 Å². The van der Waals surface area contributed by atoms with E-state index in [-0.39, 0.29) is 28.0 Å². The Bertz CT molecular complexity index is 866. The molecule has 0 N–H and O–H groups in total. The van der Waals surface area contributed by atoms with Crippen molar-refractivity contribution < 1.29 is 22.3 Å². The Balaban J connectivity index is 1.85. The molecule has 2 fully saturated rings. The van der Waals surface area contributed by atoms with Gasteiger partial charge in [0.15, 0.2) is 0 Å². The summed E-state index contributed by atoms with van der Waals surface area (Å²) in [5, 5.41) is 0. The first-order valence-corrected chi connectivity index (χ1v) is 11.3. The minimum Gasteiger partial charge on any atom is -0.495 e. The number of hydrogen-bond donors (Lipinski definition) is 0. The van der Waals surface area contributed by atoms with Gasteiger partial charge in [0.1, 0.15) is 16.5 Å². The number of likely N-dealkylation sites (tertiary alicyclic amines) is 1. The number of ether oxygens (including phenoxy) is 1. The molecule has 1 atom stereocenters. The standard InChI is InChI=1S/C20H30FN3O4S/c1-22(2)19(25)18-20(8-5-11-23(18)3)9-12-24(13-10-20)29(26,27)17-14-15(21)6-7-16(17)28-4/h6-7,14,18H,5,8-13H2,1-4H3. The number of amides is 1. The molecular formula is C20H30FN3O4S. The van der Waals surface area contributed by atoms with Crippen LogP contribution in [0.4, 0.5) is 4.39 Å². The summed E-state index contributed by atoms with van der Waals surface area (Å²) in [6.45, 7) is 1.45. The predicted octanol–water partition coefficient (Wildman–Crippen LogP) is 1.79. The van der Waals surface area contributed by atoms with Gasteiger partial charge < -0.3 is 9.64 Å². The van der Waals surface area contributed by atoms with Gasteiger partial charge >= 0.3 is 0 Å². The van der Waals surface area contributed by atoms with Crippen molar-refractivity contribution in [1.82, 2.24) is 14.1 Å². The molecule has 2 saturated heterocycles. The molecule has 29 heavy (non-hydrogen) atoms. The topological polar surface area (TPSA) is 70.2 Å². The second-order valence-electron chi connectivity index (χ2n) is 8.28. The zero-order valence-corrected chi connectivity index (χ0v) is 18.3. The minimum absolute atomic E-state index is 0.0651. The highest BCUT2D eigenvalue weighted by Gasteiger charge is 2.50. The molecule has 0 saturated carbocycles. The molecule has 2 heterocycles. The second-order valence-corrected chi connectivity index (χ2v) is 10.2. The largest absolute Gasteiger partial charge is 0.495 e. The predicted molar refractivity (Wildman–Crippen MR) is 108 cm³/mol. The van der Waals surface area contributed by atoms with E-state index in [4.69, 9.17) is 4.74 Å². The molecule has 0 radical (unpaired) electrons. The number of likely N-dealkylation sites (N-methyl/N-ethyl adjacent to an activating group) is 2. The van der Waals surface area contributed by atoms with Crippen LogP contribution in [0.3, 0.4) is 0 Å². The first kappa shape index (κ1) is 22.0. The third kappa shape index (κ3) is 4.00. The molecule has 2 aliphatic rings. The average Bonchev–Trinajstić information content (AvgIpc) is 2.68. The van der Waals surface area contributed by atoms with Gasteiger partial charge in [-0.2, -0.15) is 4.31 Å². The van der Waals surface area contributed by atoms with Crippen molar-refractivity contribution in [3.05, 3.63) is 24.0 Å². The van der Waals surface area contributed by atoms with Crippen LogP contribution in [0, 0.1) is 11.2 Å². The first-order valence-electron chi connectivity index (χ1n) is 9.87. The van der Waals surface area contributed by atoms with Crippen LogP contribution < -0.4 is 4.74 Å². The lowest BCUT2D eigenvalue weighted by Gasteiger charge is -2.52. The highest BCUT2D eigenvalue weighted by molar-refractivity contribution is 7.89. The summed E-state index contributed by atoms with van der Waals surface area (Å²) in [6, 6.07) is 3.26. The second kappa shape index (κ2) is 8.20. The Morgan fingerprint density at radius 3 is 2.45 bits per heavy atom. The van der Waals surface area contributed by atoms with Crippen LogP contribution in [0.25, 0.3) is 0 Å². The molecule has 1 unspecified atom stereocenters. The van der Waals surface area contributed by atoms with E-state index in [0.717, 1.165) is 25.5 Å². The molecule has 7 nitrogen and oxygen atoms in total. The number of hydrogen-bond acceptors (Lipinski definition) is 5. The quantitative estimate of drug-likeness (QED) is 0.733. The number of nitrogens with zero attached hydrogens (tertiary/aromatic N) is 3. The van der Waals surface area contributed by atoms with E-state index in [9.17, 15) is 17.6 Å². The third-order valence-electron chi connectivity index (χ3n) is 6.34. The molecule has 0 aliphatic carbocycles. The molecule has 1 spiro atoms. The third-order valence-corrected chi connectivity index (χ3v) is 8.26. The van der Waals surface area contributed by atoms with Crippen LogP contribution in [0.15, 0.2) is 23.1 Å². The molecule has 3 rings (SSSR count). The molecule has 1 aromatic rings. The highest BCUT2D eigenvalue weighted by atomic mass is 32.2. The molecule has 0 bridgehead atoms. The number of methoxy groups -OCH3 is 1. The summed E-state index contributed by atoms with van der Waals surface area (Å²) >= 11 is 0. The van der Waals surface area contributed by atoms with Crippen LogP contribution in [0.1, 0.15) is 25.7 Å². The number of rotatable bonds is 4. The SMILES string of the molecule is COc1ccc(F)cc1S(=O)(=O)N1CCC2(CCCN(C)C2C(=O)N(C)C)CC1. The fourth-order valence-electron chi connectivity index (χ4n) is 4.80. The van der Waals surface area contributed by atoms with E-state index in [2.05, 4.69) is 4.90 Å². The van der Waals surface area contributed by atoms with Gasteiger partial charge in [0.05, 0.1) is 13.2 Å². The summed E-state index contributed by atoms with van der Waals surface area (Å²) in [6.07, 6.45) is 3.08.